The van der Waals surface area contributed by atoms with Gasteiger partial charge in [0.05, 0.1) is 6.54 Å². The Hall–Kier alpha value is -2.37. The van der Waals surface area contributed by atoms with Gasteiger partial charge < -0.3 is 9.64 Å². The van der Waals surface area contributed by atoms with Gasteiger partial charge in [-0.1, -0.05) is 48.5 Å². The Kier molecular flexibility index (Phi) is 7.88. The number of hydrogen-bond acceptors (Lipinski definition) is 4. The molecule has 0 spiro atoms. The fourth-order valence-electron chi connectivity index (χ4n) is 3.45. The lowest BCUT2D eigenvalue weighted by molar-refractivity contribution is -0.133. The monoisotopic (exact) mass is 381 g/mol. The SMILES string of the molecule is CCN(Cc1ccccc1)C(=O)CN1CCN(CCOc2ccccc2)CC1. The molecule has 0 N–H and O–H groups in total. The number of amides is 1. The van der Waals surface area contributed by atoms with Gasteiger partial charge in [-0.15, -0.1) is 0 Å². The van der Waals surface area contributed by atoms with E-state index in [1.807, 2.05) is 60.4 Å². The van der Waals surface area contributed by atoms with Crippen molar-refractivity contribution in [3.05, 3.63) is 66.2 Å². The molecule has 5 nitrogen and oxygen atoms in total. The van der Waals surface area contributed by atoms with Crippen molar-refractivity contribution in [2.45, 2.75) is 13.5 Å². The molecule has 0 aromatic heterocycles. The summed E-state index contributed by atoms with van der Waals surface area (Å²) in [6, 6.07) is 20.1. The second-order valence-corrected chi connectivity index (χ2v) is 7.17. The highest BCUT2D eigenvalue weighted by Gasteiger charge is 2.21. The molecule has 0 aliphatic carbocycles. The number of rotatable bonds is 9. The Labute approximate surface area is 168 Å². The number of carbonyl (C=O) groups is 1. The zero-order valence-corrected chi connectivity index (χ0v) is 16.8. The molecule has 3 rings (SSSR count). The molecular weight excluding hydrogens is 350 g/mol. The molecule has 0 unspecified atom stereocenters. The van der Waals surface area contributed by atoms with Crippen LogP contribution in [0.1, 0.15) is 12.5 Å². The lowest BCUT2D eigenvalue weighted by Gasteiger charge is -2.35. The average Bonchev–Trinajstić information content (AvgIpc) is 2.74. The average molecular weight is 382 g/mol. The molecule has 0 radical (unpaired) electrons. The highest BCUT2D eigenvalue weighted by atomic mass is 16.5. The third kappa shape index (κ3) is 6.36. The van der Waals surface area contributed by atoms with E-state index < -0.39 is 0 Å². The van der Waals surface area contributed by atoms with Crippen LogP contribution in [0, 0.1) is 0 Å². The smallest absolute Gasteiger partial charge is 0.237 e. The fraction of sp³-hybridized carbons (Fsp3) is 0.435. The van der Waals surface area contributed by atoms with Crippen LogP contribution in [0.4, 0.5) is 0 Å². The van der Waals surface area contributed by atoms with Crippen molar-refractivity contribution in [3.8, 4) is 5.75 Å². The van der Waals surface area contributed by atoms with Gasteiger partial charge in [-0.25, -0.2) is 0 Å². The standard InChI is InChI=1S/C23H31N3O2/c1-2-26(19-21-9-5-3-6-10-21)23(27)20-25-15-13-24(14-16-25)17-18-28-22-11-7-4-8-12-22/h3-12H,2,13-20H2,1H3. The van der Waals surface area contributed by atoms with Gasteiger partial charge in [0.2, 0.25) is 5.91 Å². The number of piperazine rings is 1. The van der Waals surface area contributed by atoms with Gasteiger partial charge in [0.25, 0.3) is 0 Å². The third-order valence-electron chi connectivity index (χ3n) is 5.19. The normalized spacial score (nSPS) is 15.3. The predicted molar refractivity (Wildman–Crippen MR) is 112 cm³/mol. The van der Waals surface area contributed by atoms with Crippen LogP contribution in [-0.4, -0.2) is 73.0 Å². The van der Waals surface area contributed by atoms with Crippen LogP contribution in [-0.2, 0) is 11.3 Å². The lowest BCUT2D eigenvalue weighted by Crippen LogP contribution is -2.50. The number of likely N-dealkylation sites (N-methyl/N-ethyl adjacent to an activating group) is 1. The minimum absolute atomic E-state index is 0.215. The van der Waals surface area contributed by atoms with Gasteiger partial charge in [0.1, 0.15) is 12.4 Å². The van der Waals surface area contributed by atoms with E-state index in [2.05, 4.69) is 21.9 Å². The minimum atomic E-state index is 0.215. The zero-order chi connectivity index (χ0) is 19.6. The third-order valence-corrected chi connectivity index (χ3v) is 5.19. The van der Waals surface area contributed by atoms with Crippen molar-refractivity contribution in [2.24, 2.45) is 0 Å². The van der Waals surface area contributed by atoms with Crippen molar-refractivity contribution in [1.29, 1.82) is 0 Å². The highest BCUT2D eigenvalue weighted by molar-refractivity contribution is 5.78. The Morgan fingerprint density at radius 2 is 1.54 bits per heavy atom. The van der Waals surface area contributed by atoms with E-state index in [0.29, 0.717) is 19.7 Å². The molecule has 2 aromatic carbocycles. The molecule has 0 bridgehead atoms. The molecule has 5 heteroatoms. The molecule has 1 fully saturated rings. The van der Waals surface area contributed by atoms with Gasteiger partial charge in [-0.05, 0) is 24.6 Å². The summed E-state index contributed by atoms with van der Waals surface area (Å²) in [6.07, 6.45) is 0. The maximum atomic E-state index is 12.7. The number of carbonyl (C=O) groups excluding carboxylic acids is 1. The first-order chi connectivity index (χ1) is 13.7. The highest BCUT2D eigenvalue weighted by Crippen LogP contribution is 2.09. The zero-order valence-electron chi connectivity index (χ0n) is 16.8. The minimum Gasteiger partial charge on any atom is -0.492 e. The first-order valence-electron chi connectivity index (χ1n) is 10.2. The fourth-order valence-corrected chi connectivity index (χ4v) is 3.45. The molecular formula is C23H31N3O2. The quantitative estimate of drug-likeness (QED) is 0.669. The summed E-state index contributed by atoms with van der Waals surface area (Å²) in [5.41, 5.74) is 1.18. The van der Waals surface area contributed by atoms with E-state index in [9.17, 15) is 4.79 Å². The molecule has 150 valence electrons. The Bertz CT molecular complexity index is 700. The maximum absolute atomic E-state index is 12.7. The Morgan fingerprint density at radius 3 is 2.18 bits per heavy atom. The van der Waals surface area contributed by atoms with Crippen LogP contribution in [0.15, 0.2) is 60.7 Å². The van der Waals surface area contributed by atoms with Crippen LogP contribution >= 0.6 is 0 Å². The summed E-state index contributed by atoms with van der Waals surface area (Å²) in [5, 5.41) is 0. The summed E-state index contributed by atoms with van der Waals surface area (Å²) < 4.78 is 5.79. The predicted octanol–water partition coefficient (Wildman–Crippen LogP) is 2.73. The van der Waals surface area contributed by atoms with E-state index in [1.165, 1.54) is 5.56 Å². The Morgan fingerprint density at radius 1 is 0.929 bits per heavy atom. The number of nitrogens with zero attached hydrogens (tertiary/aromatic N) is 3. The van der Waals surface area contributed by atoms with Gasteiger partial charge >= 0.3 is 0 Å². The molecule has 1 amide bonds. The van der Waals surface area contributed by atoms with Crippen molar-refractivity contribution in [1.82, 2.24) is 14.7 Å². The number of benzene rings is 2. The molecule has 28 heavy (non-hydrogen) atoms. The summed E-state index contributed by atoms with van der Waals surface area (Å²) in [5.74, 6) is 1.14. The maximum Gasteiger partial charge on any atom is 0.237 e. The van der Waals surface area contributed by atoms with Gasteiger partial charge in [-0.2, -0.15) is 0 Å². The summed E-state index contributed by atoms with van der Waals surface area (Å²) in [4.78, 5) is 19.3. The van der Waals surface area contributed by atoms with E-state index in [-0.39, 0.29) is 5.91 Å². The topological polar surface area (TPSA) is 36.0 Å². The van der Waals surface area contributed by atoms with Crippen LogP contribution in [0.2, 0.25) is 0 Å². The van der Waals surface area contributed by atoms with Gasteiger partial charge in [0, 0.05) is 45.8 Å². The molecule has 0 saturated carbocycles. The molecule has 1 aliphatic heterocycles. The summed E-state index contributed by atoms with van der Waals surface area (Å²) >= 11 is 0. The van der Waals surface area contributed by atoms with Crippen LogP contribution < -0.4 is 4.74 Å². The second kappa shape index (κ2) is 10.8. The van der Waals surface area contributed by atoms with Crippen LogP contribution in [0.5, 0.6) is 5.75 Å². The summed E-state index contributed by atoms with van der Waals surface area (Å²) in [6.45, 7) is 9.43. The molecule has 0 atom stereocenters. The van der Waals surface area contributed by atoms with Gasteiger partial charge in [-0.3, -0.25) is 14.6 Å². The van der Waals surface area contributed by atoms with E-state index in [4.69, 9.17) is 4.74 Å². The summed E-state index contributed by atoms with van der Waals surface area (Å²) in [7, 11) is 0. The Balaban J connectivity index is 1.36. The van der Waals surface area contributed by atoms with Crippen LogP contribution in [0.3, 0.4) is 0 Å². The van der Waals surface area contributed by atoms with E-state index >= 15 is 0 Å². The van der Waals surface area contributed by atoms with E-state index in [1.54, 1.807) is 0 Å². The van der Waals surface area contributed by atoms with Crippen molar-refractivity contribution < 1.29 is 9.53 Å². The van der Waals surface area contributed by atoms with Crippen molar-refractivity contribution >= 4 is 5.91 Å². The largest absolute Gasteiger partial charge is 0.492 e. The number of ether oxygens (including phenoxy) is 1. The lowest BCUT2D eigenvalue weighted by atomic mass is 10.2. The van der Waals surface area contributed by atoms with E-state index in [0.717, 1.165) is 45.0 Å². The first-order valence-corrected chi connectivity index (χ1v) is 10.2. The number of hydrogen-bond donors (Lipinski definition) is 0. The molecule has 1 saturated heterocycles. The number of para-hydroxylation sites is 1. The molecule has 2 aromatic rings. The molecule has 1 aliphatic rings. The van der Waals surface area contributed by atoms with Crippen molar-refractivity contribution in [3.63, 3.8) is 0 Å². The second-order valence-electron chi connectivity index (χ2n) is 7.17. The molecule has 1 heterocycles. The van der Waals surface area contributed by atoms with Crippen molar-refractivity contribution in [2.75, 3.05) is 52.4 Å². The van der Waals surface area contributed by atoms with Gasteiger partial charge in [0.15, 0.2) is 0 Å². The van der Waals surface area contributed by atoms with Crippen LogP contribution in [0.25, 0.3) is 0 Å². The first kappa shape index (κ1) is 20.4.